The molecule has 0 aliphatic heterocycles. The Morgan fingerprint density at radius 2 is 1.81 bits per heavy atom. The van der Waals surface area contributed by atoms with E-state index in [4.69, 9.17) is 5.11 Å². The first-order valence-electron chi connectivity index (χ1n) is 8.56. The van der Waals surface area contributed by atoms with Crippen molar-refractivity contribution in [3.05, 3.63) is 59.4 Å². The zero-order valence-electron chi connectivity index (χ0n) is 14.7. The van der Waals surface area contributed by atoms with Gasteiger partial charge in [0.05, 0.1) is 6.42 Å². The summed E-state index contributed by atoms with van der Waals surface area (Å²) in [6.07, 6.45) is 0.441. The minimum Gasteiger partial charge on any atom is -0.481 e. The summed E-state index contributed by atoms with van der Waals surface area (Å²) in [6.45, 7) is 2.01. The number of carboxylic acid groups (broad SMARTS) is 1. The predicted molar refractivity (Wildman–Crippen MR) is 98.0 cm³/mol. The van der Waals surface area contributed by atoms with Gasteiger partial charge in [-0.1, -0.05) is 19.1 Å². The van der Waals surface area contributed by atoms with Crippen LogP contribution in [0.15, 0.2) is 42.5 Å². The summed E-state index contributed by atoms with van der Waals surface area (Å²) in [5.74, 6) is -1.95. The second-order valence-corrected chi connectivity index (χ2v) is 6.72. The third kappa shape index (κ3) is 4.69. The first-order valence-corrected chi connectivity index (χ1v) is 8.56. The van der Waals surface area contributed by atoms with E-state index in [9.17, 15) is 18.8 Å². The van der Waals surface area contributed by atoms with E-state index < -0.39 is 24.1 Å². The number of rotatable bonds is 6. The molecule has 3 rings (SSSR count). The highest BCUT2D eigenvalue weighted by Crippen LogP contribution is 2.38. The number of hydrogen-bond donors (Lipinski definition) is 3. The summed E-state index contributed by atoms with van der Waals surface area (Å²) >= 11 is 0. The summed E-state index contributed by atoms with van der Waals surface area (Å²) < 4.78 is 13.9. The van der Waals surface area contributed by atoms with Crippen LogP contribution in [-0.4, -0.2) is 22.9 Å². The van der Waals surface area contributed by atoms with E-state index in [0.717, 1.165) is 12.5 Å². The van der Waals surface area contributed by atoms with Gasteiger partial charge < -0.3 is 15.7 Å². The van der Waals surface area contributed by atoms with Crippen LogP contribution in [0.2, 0.25) is 0 Å². The lowest BCUT2D eigenvalue weighted by molar-refractivity contribution is -0.136. The molecule has 1 aliphatic rings. The van der Waals surface area contributed by atoms with Gasteiger partial charge in [0.15, 0.2) is 0 Å². The standard InChI is InChI=1S/C20H19FN2O4/c1-11-7-16(11)20(27)23-14-4-2-3-13(8-14)19(26)22-15-6-5-12(9-18(24)25)17(21)10-15/h2-6,8,10-11,16H,7,9H2,1H3,(H,22,26)(H,23,27)(H,24,25). The molecular weight excluding hydrogens is 351 g/mol. The molecule has 1 fully saturated rings. The largest absolute Gasteiger partial charge is 0.481 e. The molecule has 27 heavy (non-hydrogen) atoms. The van der Waals surface area contributed by atoms with E-state index in [1.165, 1.54) is 12.1 Å². The van der Waals surface area contributed by atoms with Gasteiger partial charge >= 0.3 is 5.97 Å². The van der Waals surface area contributed by atoms with Crippen molar-refractivity contribution in [1.82, 2.24) is 0 Å². The van der Waals surface area contributed by atoms with Crippen LogP contribution in [0.5, 0.6) is 0 Å². The van der Waals surface area contributed by atoms with Crippen LogP contribution in [-0.2, 0) is 16.0 Å². The lowest BCUT2D eigenvalue weighted by Gasteiger charge is -2.09. The number of carboxylic acids is 1. The molecule has 0 heterocycles. The topological polar surface area (TPSA) is 95.5 Å². The monoisotopic (exact) mass is 370 g/mol. The third-order valence-corrected chi connectivity index (χ3v) is 4.49. The summed E-state index contributed by atoms with van der Waals surface area (Å²) in [5, 5.41) is 14.1. The van der Waals surface area contributed by atoms with Crippen LogP contribution in [0, 0.1) is 17.7 Å². The molecule has 7 heteroatoms. The molecule has 1 aliphatic carbocycles. The molecule has 0 bridgehead atoms. The maximum absolute atomic E-state index is 13.9. The number of aliphatic carboxylic acids is 1. The summed E-state index contributed by atoms with van der Waals surface area (Å²) in [4.78, 5) is 35.1. The molecule has 2 amide bonds. The summed E-state index contributed by atoms with van der Waals surface area (Å²) in [5.41, 5.74) is 1.09. The van der Waals surface area contributed by atoms with Crippen LogP contribution in [0.25, 0.3) is 0 Å². The van der Waals surface area contributed by atoms with Gasteiger partial charge in [-0.15, -0.1) is 0 Å². The Balaban J connectivity index is 1.67. The number of carbonyl (C=O) groups excluding carboxylic acids is 2. The van der Waals surface area contributed by atoms with Crippen LogP contribution in [0.1, 0.15) is 29.3 Å². The van der Waals surface area contributed by atoms with Crippen molar-refractivity contribution in [3.8, 4) is 0 Å². The normalized spacial score (nSPS) is 17.9. The molecule has 2 aromatic carbocycles. The van der Waals surface area contributed by atoms with E-state index >= 15 is 0 Å². The van der Waals surface area contributed by atoms with Gasteiger partial charge in [0.1, 0.15) is 5.82 Å². The van der Waals surface area contributed by atoms with Crippen molar-refractivity contribution in [1.29, 1.82) is 0 Å². The Morgan fingerprint density at radius 1 is 1.11 bits per heavy atom. The molecule has 1 saturated carbocycles. The molecule has 0 aromatic heterocycles. The second kappa shape index (κ2) is 7.57. The van der Waals surface area contributed by atoms with E-state index in [2.05, 4.69) is 10.6 Å². The Morgan fingerprint density at radius 3 is 2.44 bits per heavy atom. The minimum absolute atomic E-state index is 0.0229. The number of anilines is 2. The minimum atomic E-state index is -1.13. The van der Waals surface area contributed by atoms with Gasteiger partial charge in [-0.25, -0.2) is 4.39 Å². The average Bonchev–Trinajstić information content (AvgIpc) is 3.34. The van der Waals surface area contributed by atoms with Crippen molar-refractivity contribution in [3.63, 3.8) is 0 Å². The number of amides is 2. The molecule has 2 aromatic rings. The molecule has 3 N–H and O–H groups in total. The van der Waals surface area contributed by atoms with Gasteiger partial charge in [0.2, 0.25) is 5.91 Å². The summed E-state index contributed by atoms with van der Waals surface area (Å²) in [6, 6.07) is 10.3. The Bertz CT molecular complexity index is 913. The van der Waals surface area contributed by atoms with Crippen molar-refractivity contribution >= 4 is 29.2 Å². The molecule has 0 spiro atoms. The Kier molecular flexibility index (Phi) is 5.21. The van der Waals surface area contributed by atoms with Gasteiger partial charge in [0.25, 0.3) is 5.91 Å². The number of benzene rings is 2. The Labute approximate surface area is 155 Å². The maximum Gasteiger partial charge on any atom is 0.307 e. The fourth-order valence-electron chi connectivity index (χ4n) is 2.80. The lowest BCUT2D eigenvalue weighted by atomic mass is 10.1. The van der Waals surface area contributed by atoms with Gasteiger partial charge in [0, 0.05) is 22.9 Å². The van der Waals surface area contributed by atoms with E-state index in [0.29, 0.717) is 17.2 Å². The molecule has 0 saturated heterocycles. The molecule has 6 nitrogen and oxygen atoms in total. The fourth-order valence-corrected chi connectivity index (χ4v) is 2.80. The number of halogens is 1. The van der Waals surface area contributed by atoms with Crippen LogP contribution >= 0.6 is 0 Å². The van der Waals surface area contributed by atoms with Crippen molar-refractivity contribution in [2.75, 3.05) is 10.6 Å². The molecule has 140 valence electrons. The smallest absolute Gasteiger partial charge is 0.307 e. The quantitative estimate of drug-likeness (QED) is 0.727. The molecular formula is C20H19FN2O4. The van der Waals surface area contributed by atoms with Crippen LogP contribution in [0.4, 0.5) is 15.8 Å². The van der Waals surface area contributed by atoms with Crippen LogP contribution in [0.3, 0.4) is 0 Å². The van der Waals surface area contributed by atoms with Crippen molar-refractivity contribution in [2.24, 2.45) is 11.8 Å². The van der Waals surface area contributed by atoms with Crippen LogP contribution < -0.4 is 10.6 Å². The first kappa shape index (κ1) is 18.6. The summed E-state index contributed by atoms with van der Waals surface area (Å²) in [7, 11) is 0. The highest BCUT2D eigenvalue weighted by molar-refractivity contribution is 6.05. The molecule has 0 radical (unpaired) electrons. The SMILES string of the molecule is CC1CC1C(=O)Nc1cccc(C(=O)Nc2ccc(CC(=O)O)c(F)c2)c1. The Hall–Kier alpha value is -3.22. The maximum atomic E-state index is 13.9. The van der Waals surface area contributed by atoms with Gasteiger partial charge in [-0.05, 0) is 48.2 Å². The number of carbonyl (C=O) groups is 3. The highest BCUT2D eigenvalue weighted by atomic mass is 19.1. The van der Waals surface area contributed by atoms with Gasteiger partial charge in [-0.2, -0.15) is 0 Å². The number of hydrogen-bond acceptors (Lipinski definition) is 3. The average molecular weight is 370 g/mol. The zero-order chi connectivity index (χ0) is 19.6. The highest BCUT2D eigenvalue weighted by Gasteiger charge is 2.39. The lowest BCUT2D eigenvalue weighted by Crippen LogP contribution is -2.16. The van der Waals surface area contributed by atoms with E-state index in [1.807, 2.05) is 6.92 Å². The zero-order valence-corrected chi connectivity index (χ0v) is 14.7. The van der Waals surface area contributed by atoms with Crippen molar-refractivity contribution in [2.45, 2.75) is 19.8 Å². The van der Waals surface area contributed by atoms with Crippen molar-refractivity contribution < 1.29 is 23.9 Å². The molecule has 2 unspecified atom stereocenters. The number of nitrogens with one attached hydrogen (secondary N) is 2. The first-order chi connectivity index (χ1) is 12.8. The van der Waals surface area contributed by atoms with Gasteiger partial charge in [-0.3, -0.25) is 14.4 Å². The fraction of sp³-hybridized carbons (Fsp3) is 0.250. The second-order valence-electron chi connectivity index (χ2n) is 6.72. The molecule has 2 atom stereocenters. The predicted octanol–water partition coefficient (Wildman–Crippen LogP) is 3.30. The van der Waals surface area contributed by atoms with E-state index in [1.54, 1.807) is 24.3 Å². The van der Waals surface area contributed by atoms with E-state index in [-0.39, 0.29) is 23.1 Å². The third-order valence-electron chi connectivity index (χ3n) is 4.49.